The quantitative estimate of drug-likeness (QED) is 0.750. The highest BCUT2D eigenvalue weighted by Crippen LogP contribution is 2.27. The Morgan fingerprint density at radius 1 is 1.35 bits per heavy atom. The SMILES string of the molecule is O=C(CC1CCCO1)c1ccc2c(c1)CCO2. The van der Waals surface area contributed by atoms with Gasteiger partial charge in [0.05, 0.1) is 12.7 Å². The first-order valence-electron chi connectivity index (χ1n) is 6.23. The molecule has 3 rings (SSSR count). The van der Waals surface area contributed by atoms with E-state index >= 15 is 0 Å². The van der Waals surface area contributed by atoms with Crippen LogP contribution in [0.2, 0.25) is 0 Å². The van der Waals surface area contributed by atoms with Gasteiger partial charge < -0.3 is 9.47 Å². The van der Waals surface area contributed by atoms with Crippen molar-refractivity contribution in [2.45, 2.75) is 31.8 Å². The zero-order chi connectivity index (χ0) is 11.7. The van der Waals surface area contributed by atoms with Gasteiger partial charge in [-0.25, -0.2) is 0 Å². The van der Waals surface area contributed by atoms with Gasteiger partial charge in [0.1, 0.15) is 5.75 Å². The minimum absolute atomic E-state index is 0.131. The number of ether oxygens (including phenoxy) is 2. The molecule has 0 aromatic heterocycles. The summed E-state index contributed by atoms with van der Waals surface area (Å²) >= 11 is 0. The van der Waals surface area contributed by atoms with E-state index < -0.39 is 0 Å². The first-order valence-corrected chi connectivity index (χ1v) is 6.23. The first kappa shape index (κ1) is 10.8. The highest BCUT2D eigenvalue weighted by Gasteiger charge is 2.21. The molecule has 17 heavy (non-hydrogen) atoms. The molecule has 1 fully saturated rings. The normalized spacial score (nSPS) is 22.2. The number of benzene rings is 1. The molecule has 0 spiro atoms. The van der Waals surface area contributed by atoms with Crippen molar-refractivity contribution in [2.24, 2.45) is 0 Å². The van der Waals surface area contributed by atoms with Crippen molar-refractivity contribution in [3.05, 3.63) is 29.3 Å². The van der Waals surface area contributed by atoms with Crippen LogP contribution < -0.4 is 4.74 Å². The summed E-state index contributed by atoms with van der Waals surface area (Å²) in [4.78, 5) is 12.1. The number of ketones is 1. The fourth-order valence-corrected chi connectivity index (χ4v) is 2.49. The zero-order valence-corrected chi connectivity index (χ0v) is 9.78. The van der Waals surface area contributed by atoms with E-state index in [9.17, 15) is 4.79 Å². The number of Topliss-reactive ketones (excluding diaryl/α,β-unsaturated/α-hetero) is 1. The second-order valence-corrected chi connectivity index (χ2v) is 4.68. The van der Waals surface area contributed by atoms with E-state index in [0.717, 1.165) is 49.4 Å². The molecular formula is C14H16O3. The van der Waals surface area contributed by atoms with Crippen molar-refractivity contribution in [3.63, 3.8) is 0 Å². The molecule has 1 saturated heterocycles. The second-order valence-electron chi connectivity index (χ2n) is 4.68. The van der Waals surface area contributed by atoms with E-state index in [0.29, 0.717) is 6.42 Å². The van der Waals surface area contributed by atoms with E-state index in [1.807, 2.05) is 18.2 Å². The molecule has 2 heterocycles. The van der Waals surface area contributed by atoms with Gasteiger partial charge in [0.15, 0.2) is 5.78 Å². The Kier molecular flexibility index (Phi) is 2.85. The summed E-state index contributed by atoms with van der Waals surface area (Å²) in [5.41, 5.74) is 1.95. The summed E-state index contributed by atoms with van der Waals surface area (Å²) in [6.45, 7) is 1.54. The van der Waals surface area contributed by atoms with E-state index in [-0.39, 0.29) is 11.9 Å². The molecule has 90 valence electrons. The predicted octanol–water partition coefficient (Wildman–Crippen LogP) is 2.37. The Morgan fingerprint density at radius 3 is 3.12 bits per heavy atom. The molecule has 0 N–H and O–H groups in total. The summed E-state index contributed by atoms with van der Waals surface area (Å²) in [7, 11) is 0. The smallest absolute Gasteiger partial charge is 0.165 e. The number of carbonyl (C=O) groups is 1. The number of hydrogen-bond donors (Lipinski definition) is 0. The average Bonchev–Trinajstić information content (AvgIpc) is 2.97. The molecular weight excluding hydrogens is 216 g/mol. The van der Waals surface area contributed by atoms with Gasteiger partial charge in [-0.1, -0.05) is 0 Å². The average molecular weight is 232 g/mol. The molecule has 1 aromatic rings. The molecule has 1 unspecified atom stereocenters. The van der Waals surface area contributed by atoms with Gasteiger partial charge in [-0.2, -0.15) is 0 Å². The number of hydrogen-bond acceptors (Lipinski definition) is 3. The van der Waals surface area contributed by atoms with E-state index in [1.54, 1.807) is 0 Å². The monoisotopic (exact) mass is 232 g/mol. The van der Waals surface area contributed by atoms with Crippen molar-refractivity contribution in [3.8, 4) is 5.75 Å². The number of carbonyl (C=O) groups excluding carboxylic acids is 1. The third kappa shape index (κ3) is 2.20. The zero-order valence-electron chi connectivity index (χ0n) is 9.78. The van der Waals surface area contributed by atoms with Crippen molar-refractivity contribution < 1.29 is 14.3 Å². The summed E-state index contributed by atoms with van der Waals surface area (Å²) in [5, 5.41) is 0. The topological polar surface area (TPSA) is 35.5 Å². The van der Waals surface area contributed by atoms with Crippen molar-refractivity contribution >= 4 is 5.78 Å². The highest BCUT2D eigenvalue weighted by atomic mass is 16.5. The molecule has 3 nitrogen and oxygen atoms in total. The Balaban J connectivity index is 1.72. The Hall–Kier alpha value is -1.35. The molecule has 0 radical (unpaired) electrons. The van der Waals surface area contributed by atoms with E-state index in [4.69, 9.17) is 9.47 Å². The second kappa shape index (κ2) is 4.49. The lowest BCUT2D eigenvalue weighted by atomic mass is 10.0. The third-order valence-corrected chi connectivity index (χ3v) is 3.45. The van der Waals surface area contributed by atoms with Gasteiger partial charge in [0, 0.05) is 25.0 Å². The lowest BCUT2D eigenvalue weighted by Gasteiger charge is -2.08. The number of rotatable bonds is 3. The van der Waals surface area contributed by atoms with Crippen molar-refractivity contribution in [1.82, 2.24) is 0 Å². The summed E-state index contributed by atoms with van der Waals surface area (Å²) in [6.07, 6.45) is 3.65. The van der Waals surface area contributed by atoms with Crippen LogP contribution in [0.3, 0.4) is 0 Å². The molecule has 3 heteroatoms. The van der Waals surface area contributed by atoms with Crippen LogP contribution in [-0.2, 0) is 11.2 Å². The predicted molar refractivity (Wildman–Crippen MR) is 63.6 cm³/mol. The van der Waals surface area contributed by atoms with Crippen LogP contribution in [0.25, 0.3) is 0 Å². The molecule has 0 amide bonds. The van der Waals surface area contributed by atoms with Crippen LogP contribution in [-0.4, -0.2) is 25.1 Å². The van der Waals surface area contributed by atoms with E-state index in [1.165, 1.54) is 0 Å². The minimum Gasteiger partial charge on any atom is -0.493 e. The van der Waals surface area contributed by atoms with Crippen molar-refractivity contribution in [1.29, 1.82) is 0 Å². The van der Waals surface area contributed by atoms with Gasteiger partial charge in [0.25, 0.3) is 0 Å². The molecule has 1 atom stereocenters. The molecule has 0 saturated carbocycles. The maximum Gasteiger partial charge on any atom is 0.165 e. The van der Waals surface area contributed by atoms with Gasteiger partial charge in [0.2, 0.25) is 0 Å². The molecule has 0 aliphatic carbocycles. The fourth-order valence-electron chi connectivity index (χ4n) is 2.49. The molecule has 1 aromatic carbocycles. The van der Waals surface area contributed by atoms with Crippen molar-refractivity contribution in [2.75, 3.05) is 13.2 Å². The van der Waals surface area contributed by atoms with Crippen LogP contribution in [0, 0.1) is 0 Å². The Bertz CT molecular complexity index is 433. The largest absolute Gasteiger partial charge is 0.493 e. The molecule has 2 aliphatic heterocycles. The third-order valence-electron chi connectivity index (χ3n) is 3.45. The Morgan fingerprint density at radius 2 is 2.29 bits per heavy atom. The van der Waals surface area contributed by atoms with E-state index in [2.05, 4.69) is 0 Å². The lowest BCUT2D eigenvalue weighted by Crippen LogP contribution is -2.12. The highest BCUT2D eigenvalue weighted by molar-refractivity contribution is 5.96. The van der Waals surface area contributed by atoms with Crippen LogP contribution in [0.5, 0.6) is 5.75 Å². The van der Waals surface area contributed by atoms with Crippen LogP contribution in [0.4, 0.5) is 0 Å². The first-order chi connectivity index (χ1) is 8.33. The molecule has 2 aliphatic rings. The summed E-state index contributed by atoms with van der Waals surface area (Å²) in [5.74, 6) is 1.12. The van der Waals surface area contributed by atoms with Gasteiger partial charge in [-0.15, -0.1) is 0 Å². The minimum atomic E-state index is 0.131. The number of fused-ring (bicyclic) bond motifs is 1. The van der Waals surface area contributed by atoms with Gasteiger partial charge in [-0.3, -0.25) is 4.79 Å². The van der Waals surface area contributed by atoms with Crippen LogP contribution >= 0.6 is 0 Å². The van der Waals surface area contributed by atoms with Gasteiger partial charge in [-0.05, 0) is 36.6 Å². The maximum atomic E-state index is 12.1. The fraction of sp³-hybridized carbons (Fsp3) is 0.500. The van der Waals surface area contributed by atoms with Gasteiger partial charge >= 0.3 is 0 Å². The summed E-state index contributed by atoms with van der Waals surface area (Å²) in [6, 6.07) is 5.74. The maximum absolute atomic E-state index is 12.1. The van der Waals surface area contributed by atoms with Crippen LogP contribution in [0.1, 0.15) is 35.2 Å². The molecule has 0 bridgehead atoms. The standard InChI is InChI=1S/C14H16O3/c15-13(9-12-2-1-6-16-12)10-3-4-14-11(8-10)5-7-17-14/h3-4,8,12H,1-2,5-7,9H2. The summed E-state index contributed by atoms with van der Waals surface area (Å²) < 4.78 is 10.9. The Labute approximate surface area is 101 Å². The van der Waals surface area contributed by atoms with Crippen LogP contribution in [0.15, 0.2) is 18.2 Å². The lowest BCUT2D eigenvalue weighted by molar-refractivity contribution is 0.0775.